The predicted molar refractivity (Wildman–Crippen MR) is 74.0 cm³/mol. The third-order valence-corrected chi connectivity index (χ3v) is 2.96. The lowest BCUT2D eigenvalue weighted by atomic mass is 10.2. The SMILES string of the molecule is CCn1cc(C(=O)Nc2cc([N+](=O)[O-])ccc2Cl)cn1. The molecule has 2 rings (SSSR count). The molecule has 20 heavy (non-hydrogen) atoms. The molecule has 0 saturated carbocycles. The number of aryl methyl sites for hydroxylation is 1. The largest absolute Gasteiger partial charge is 0.320 e. The van der Waals surface area contributed by atoms with E-state index in [9.17, 15) is 14.9 Å². The molecule has 7 nitrogen and oxygen atoms in total. The number of anilines is 1. The van der Waals surface area contributed by atoms with Crippen molar-refractivity contribution in [1.29, 1.82) is 0 Å². The van der Waals surface area contributed by atoms with Crippen molar-refractivity contribution in [2.45, 2.75) is 13.5 Å². The quantitative estimate of drug-likeness (QED) is 0.693. The van der Waals surface area contributed by atoms with Crippen LogP contribution < -0.4 is 5.32 Å². The summed E-state index contributed by atoms with van der Waals surface area (Å²) in [5, 5.41) is 17.4. The van der Waals surface area contributed by atoms with Gasteiger partial charge in [-0.1, -0.05) is 11.6 Å². The van der Waals surface area contributed by atoms with Crippen LogP contribution in [0.2, 0.25) is 5.02 Å². The zero-order valence-electron chi connectivity index (χ0n) is 10.5. The molecule has 1 N–H and O–H groups in total. The van der Waals surface area contributed by atoms with Gasteiger partial charge in [-0.25, -0.2) is 0 Å². The van der Waals surface area contributed by atoms with Gasteiger partial charge in [0.15, 0.2) is 0 Å². The molecule has 0 radical (unpaired) electrons. The monoisotopic (exact) mass is 294 g/mol. The standard InChI is InChI=1S/C12H11ClN4O3/c1-2-16-7-8(6-14-16)12(18)15-11-5-9(17(19)20)3-4-10(11)13/h3-7H,2H2,1H3,(H,15,18). The first-order chi connectivity index (χ1) is 9.51. The van der Waals surface area contributed by atoms with E-state index in [0.29, 0.717) is 12.1 Å². The van der Waals surface area contributed by atoms with Crippen molar-refractivity contribution in [2.75, 3.05) is 5.32 Å². The highest BCUT2D eigenvalue weighted by atomic mass is 35.5. The molecule has 2 aromatic rings. The number of nitro groups is 1. The van der Waals surface area contributed by atoms with E-state index >= 15 is 0 Å². The fourth-order valence-corrected chi connectivity index (χ4v) is 1.74. The highest BCUT2D eigenvalue weighted by Gasteiger charge is 2.14. The molecule has 1 heterocycles. The van der Waals surface area contributed by atoms with Crippen LogP contribution in [-0.2, 0) is 6.54 Å². The molecule has 0 aliphatic rings. The second-order valence-electron chi connectivity index (χ2n) is 3.96. The van der Waals surface area contributed by atoms with E-state index in [-0.39, 0.29) is 16.4 Å². The number of amides is 1. The van der Waals surface area contributed by atoms with E-state index in [0.717, 1.165) is 0 Å². The number of aromatic nitrogens is 2. The third kappa shape index (κ3) is 2.94. The van der Waals surface area contributed by atoms with Crippen LogP contribution in [0, 0.1) is 10.1 Å². The van der Waals surface area contributed by atoms with Crippen molar-refractivity contribution < 1.29 is 9.72 Å². The number of nitrogens with one attached hydrogen (secondary N) is 1. The van der Waals surface area contributed by atoms with Crippen LogP contribution >= 0.6 is 11.6 Å². The summed E-state index contributed by atoms with van der Waals surface area (Å²) >= 11 is 5.91. The molecule has 104 valence electrons. The van der Waals surface area contributed by atoms with E-state index in [4.69, 9.17) is 11.6 Å². The topological polar surface area (TPSA) is 90.1 Å². The van der Waals surface area contributed by atoms with Crippen molar-refractivity contribution in [3.8, 4) is 0 Å². The molecule has 0 fully saturated rings. The molecular formula is C12H11ClN4O3. The van der Waals surface area contributed by atoms with Crippen molar-refractivity contribution in [3.63, 3.8) is 0 Å². The number of benzene rings is 1. The van der Waals surface area contributed by atoms with Gasteiger partial charge in [0.05, 0.1) is 27.4 Å². The summed E-state index contributed by atoms with van der Waals surface area (Å²) in [5.74, 6) is -0.424. The number of rotatable bonds is 4. The van der Waals surface area contributed by atoms with Crippen LogP contribution in [0.3, 0.4) is 0 Å². The number of non-ortho nitro benzene ring substituents is 1. The van der Waals surface area contributed by atoms with Gasteiger partial charge in [-0.05, 0) is 13.0 Å². The van der Waals surface area contributed by atoms with Crippen LogP contribution in [0.5, 0.6) is 0 Å². The number of nitrogens with zero attached hydrogens (tertiary/aromatic N) is 3. The first-order valence-electron chi connectivity index (χ1n) is 5.79. The lowest BCUT2D eigenvalue weighted by Gasteiger charge is -2.05. The number of hydrogen-bond acceptors (Lipinski definition) is 4. The van der Waals surface area contributed by atoms with Gasteiger partial charge in [0, 0.05) is 24.9 Å². The minimum Gasteiger partial charge on any atom is -0.320 e. The molecular weight excluding hydrogens is 284 g/mol. The van der Waals surface area contributed by atoms with E-state index in [1.165, 1.54) is 24.4 Å². The molecule has 0 atom stereocenters. The Labute approximate surface area is 119 Å². The van der Waals surface area contributed by atoms with Crippen LogP contribution in [0.1, 0.15) is 17.3 Å². The van der Waals surface area contributed by atoms with Gasteiger partial charge < -0.3 is 5.32 Å². The van der Waals surface area contributed by atoms with Crippen molar-refractivity contribution in [3.05, 3.63) is 51.3 Å². The molecule has 0 unspecified atom stereocenters. The van der Waals surface area contributed by atoms with Crippen LogP contribution in [-0.4, -0.2) is 20.6 Å². The Hall–Kier alpha value is -2.41. The average Bonchev–Trinajstić information content (AvgIpc) is 2.89. The van der Waals surface area contributed by atoms with Crippen LogP contribution in [0.4, 0.5) is 11.4 Å². The molecule has 0 aliphatic carbocycles. The zero-order valence-corrected chi connectivity index (χ0v) is 11.3. The fraction of sp³-hybridized carbons (Fsp3) is 0.167. The van der Waals surface area contributed by atoms with Gasteiger partial charge in [0.25, 0.3) is 11.6 Å². The van der Waals surface area contributed by atoms with E-state index < -0.39 is 10.8 Å². The lowest BCUT2D eigenvalue weighted by molar-refractivity contribution is -0.384. The maximum Gasteiger partial charge on any atom is 0.271 e. The van der Waals surface area contributed by atoms with Crippen molar-refractivity contribution >= 4 is 28.9 Å². The number of nitro benzene ring substituents is 1. The molecule has 1 aromatic heterocycles. The Bertz CT molecular complexity index is 668. The molecule has 0 bridgehead atoms. The van der Waals surface area contributed by atoms with Gasteiger partial charge in [-0.3, -0.25) is 19.6 Å². The summed E-state index contributed by atoms with van der Waals surface area (Å²) in [6.45, 7) is 2.54. The Morgan fingerprint density at radius 1 is 1.55 bits per heavy atom. The van der Waals surface area contributed by atoms with E-state index in [1.807, 2.05) is 6.92 Å². The maximum absolute atomic E-state index is 12.0. The number of halogens is 1. The summed E-state index contributed by atoms with van der Waals surface area (Å²) in [6.07, 6.45) is 3.00. The minimum absolute atomic E-state index is 0.144. The summed E-state index contributed by atoms with van der Waals surface area (Å²) in [6, 6.07) is 3.85. The van der Waals surface area contributed by atoms with Gasteiger partial charge in [-0.2, -0.15) is 5.10 Å². The highest BCUT2D eigenvalue weighted by Crippen LogP contribution is 2.27. The minimum atomic E-state index is -0.554. The van der Waals surface area contributed by atoms with Gasteiger partial charge in [0.1, 0.15) is 0 Å². The van der Waals surface area contributed by atoms with Crippen molar-refractivity contribution in [1.82, 2.24) is 9.78 Å². The first kappa shape index (κ1) is 14.0. The van der Waals surface area contributed by atoms with Gasteiger partial charge in [-0.15, -0.1) is 0 Å². The molecule has 0 aliphatic heterocycles. The normalized spacial score (nSPS) is 10.3. The maximum atomic E-state index is 12.0. The number of carbonyl (C=O) groups excluding carboxylic acids is 1. The molecule has 8 heteroatoms. The van der Waals surface area contributed by atoms with Crippen LogP contribution in [0.15, 0.2) is 30.6 Å². The highest BCUT2D eigenvalue weighted by molar-refractivity contribution is 6.34. The average molecular weight is 295 g/mol. The zero-order chi connectivity index (χ0) is 14.7. The summed E-state index contributed by atoms with van der Waals surface area (Å²) in [4.78, 5) is 22.1. The molecule has 1 amide bonds. The smallest absolute Gasteiger partial charge is 0.271 e. The van der Waals surface area contributed by atoms with Crippen molar-refractivity contribution in [2.24, 2.45) is 0 Å². The number of hydrogen-bond donors (Lipinski definition) is 1. The first-order valence-corrected chi connectivity index (χ1v) is 6.16. The van der Waals surface area contributed by atoms with E-state index in [1.54, 1.807) is 10.9 Å². The Morgan fingerprint density at radius 2 is 2.30 bits per heavy atom. The second-order valence-corrected chi connectivity index (χ2v) is 4.37. The second kappa shape index (κ2) is 5.70. The Kier molecular flexibility index (Phi) is 3.99. The van der Waals surface area contributed by atoms with Gasteiger partial charge in [0.2, 0.25) is 0 Å². The summed E-state index contributed by atoms with van der Waals surface area (Å²) in [7, 11) is 0. The molecule has 0 saturated heterocycles. The third-order valence-electron chi connectivity index (χ3n) is 2.63. The lowest BCUT2D eigenvalue weighted by Crippen LogP contribution is -2.11. The van der Waals surface area contributed by atoms with Crippen LogP contribution in [0.25, 0.3) is 0 Å². The summed E-state index contributed by atoms with van der Waals surface area (Å²) in [5.41, 5.74) is 0.401. The van der Waals surface area contributed by atoms with E-state index in [2.05, 4.69) is 10.4 Å². The molecule has 0 spiro atoms. The summed E-state index contributed by atoms with van der Waals surface area (Å²) < 4.78 is 1.60. The predicted octanol–water partition coefficient (Wildman–Crippen LogP) is 2.72. The number of carbonyl (C=O) groups is 1. The fourth-order valence-electron chi connectivity index (χ4n) is 1.57. The Morgan fingerprint density at radius 3 is 2.90 bits per heavy atom. The Balaban J connectivity index is 2.22. The van der Waals surface area contributed by atoms with Gasteiger partial charge >= 0.3 is 0 Å². The molecule has 1 aromatic carbocycles.